The van der Waals surface area contributed by atoms with Crippen molar-refractivity contribution in [3.63, 3.8) is 0 Å². The molecule has 33 heavy (non-hydrogen) atoms. The summed E-state index contributed by atoms with van der Waals surface area (Å²) < 4.78 is 32.6. The van der Waals surface area contributed by atoms with Crippen LogP contribution in [0.25, 0.3) is 0 Å². The lowest BCUT2D eigenvalue weighted by atomic mass is 10.1. The van der Waals surface area contributed by atoms with E-state index in [1.54, 1.807) is 41.3 Å². The normalized spacial score (nSPS) is 16.1. The second-order valence-electron chi connectivity index (χ2n) is 8.20. The van der Waals surface area contributed by atoms with Gasteiger partial charge in [-0.3, -0.25) is 9.69 Å². The van der Waals surface area contributed by atoms with Crippen molar-refractivity contribution in [1.82, 2.24) is 30.0 Å². The van der Waals surface area contributed by atoms with Crippen molar-refractivity contribution in [1.29, 1.82) is 0 Å². The third-order valence-electron chi connectivity index (χ3n) is 5.87. The van der Waals surface area contributed by atoms with E-state index in [0.717, 1.165) is 18.4 Å². The Hall–Kier alpha value is -3.05. The van der Waals surface area contributed by atoms with Gasteiger partial charge in [0.2, 0.25) is 0 Å². The van der Waals surface area contributed by atoms with Crippen LogP contribution >= 0.6 is 0 Å². The maximum absolute atomic E-state index is 13.0. The molecule has 0 saturated carbocycles. The second kappa shape index (κ2) is 9.84. The van der Waals surface area contributed by atoms with Gasteiger partial charge in [-0.25, -0.2) is 13.1 Å². The minimum Gasteiger partial charge on any atom is -0.459 e. The number of piperazine rings is 1. The quantitative estimate of drug-likeness (QED) is 0.491. The van der Waals surface area contributed by atoms with Crippen LogP contribution in [0.3, 0.4) is 0 Å². The SMILES string of the molecule is CCC[C@H](c1nnnn1CS(=O)(=O)c1ccc(C)cc1)N1CCN(C(=O)c2ccco2)CC1. The van der Waals surface area contributed by atoms with E-state index in [-0.39, 0.29) is 22.7 Å². The van der Waals surface area contributed by atoms with Gasteiger partial charge in [0.25, 0.3) is 5.91 Å². The van der Waals surface area contributed by atoms with Crippen LogP contribution in [-0.4, -0.2) is 70.5 Å². The fourth-order valence-electron chi connectivity index (χ4n) is 4.06. The monoisotopic (exact) mass is 472 g/mol. The largest absolute Gasteiger partial charge is 0.459 e. The van der Waals surface area contributed by atoms with E-state index >= 15 is 0 Å². The number of nitrogens with zero attached hydrogens (tertiary/aromatic N) is 6. The first-order valence-corrected chi connectivity index (χ1v) is 12.7. The zero-order valence-electron chi connectivity index (χ0n) is 18.8. The predicted octanol–water partition coefficient (Wildman–Crippen LogP) is 2.31. The molecule has 0 radical (unpaired) electrons. The van der Waals surface area contributed by atoms with Crippen LogP contribution in [-0.2, 0) is 15.7 Å². The summed E-state index contributed by atoms with van der Waals surface area (Å²) in [7, 11) is -3.61. The molecule has 0 aliphatic carbocycles. The molecule has 1 aromatic carbocycles. The Kier molecular flexibility index (Phi) is 6.89. The summed E-state index contributed by atoms with van der Waals surface area (Å²) >= 11 is 0. The fraction of sp³-hybridized carbons (Fsp3) is 0.455. The van der Waals surface area contributed by atoms with Crippen molar-refractivity contribution in [2.24, 2.45) is 0 Å². The van der Waals surface area contributed by atoms with Crippen LogP contribution in [0.4, 0.5) is 0 Å². The molecule has 4 rings (SSSR count). The van der Waals surface area contributed by atoms with Crippen molar-refractivity contribution in [3.8, 4) is 0 Å². The van der Waals surface area contributed by atoms with Crippen molar-refractivity contribution in [3.05, 3.63) is 59.8 Å². The summed E-state index contributed by atoms with van der Waals surface area (Å²) in [6, 6.07) is 9.98. The third-order valence-corrected chi connectivity index (χ3v) is 7.44. The Morgan fingerprint density at radius 2 is 1.85 bits per heavy atom. The molecule has 11 heteroatoms. The number of sulfone groups is 1. The number of carbonyl (C=O) groups is 1. The number of rotatable bonds is 8. The van der Waals surface area contributed by atoms with E-state index in [4.69, 9.17) is 4.42 Å². The summed E-state index contributed by atoms with van der Waals surface area (Å²) in [4.78, 5) is 16.8. The number of hydrogen-bond donors (Lipinski definition) is 0. The summed E-state index contributed by atoms with van der Waals surface area (Å²) in [6.07, 6.45) is 3.15. The summed E-state index contributed by atoms with van der Waals surface area (Å²) in [6.45, 7) is 6.34. The van der Waals surface area contributed by atoms with E-state index in [0.29, 0.717) is 37.8 Å². The van der Waals surface area contributed by atoms with Crippen LogP contribution in [0.5, 0.6) is 0 Å². The molecule has 1 amide bonds. The van der Waals surface area contributed by atoms with Gasteiger partial charge in [-0.2, -0.15) is 0 Å². The standard InChI is InChI=1S/C22H28N6O4S/c1-3-5-19(26-11-13-27(14-12-26)22(29)20-6-4-15-32-20)21-23-24-25-28(21)16-33(30,31)18-9-7-17(2)8-10-18/h4,6-10,15,19H,3,5,11-14,16H2,1-2H3/t19-/m1/s1. The molecule has 1 aliphatic rings. The number of benzene rings is 1. The summed E-state index contributed by atoms with van der Waals surface area (Å²) in [5, 5.41) is 12.0. The van der Waals surface area contributed by atoms with Crippen LogP contribution in [0.1, 0.15) is 47.7 Å². The number of furan rings is 1. The highest BCUT2D eigenvalue weighted by atomic mass is 32.2. The third kappa shape index (κ3) is 5.14. The number of carbonyl (C=O) groups excluding carboxylic acids is 1. The van der Waals surface area contributed by atoms with Crippen LogP contribution in [0.15, 0.2) is 52.0 Å². The molecule has 10 nitrogen and oxygen atoms in total. The van der Waals surface area contributed by atoms with Gasteiger partial charge in [-0.15, -0.1) is 5.10 Å². The molecule has 1 atom stereocenters. The summed E-state index contributed by atoms with van der Waals surface area (Å²) in [5.74, 6) is 0.410. The minimum absolute atomic E-state index is 0.124. The van der Waals surface area contributed by atoms with Crippen molar-refractivity contribution in [2.45, 2.75) is 43.5 Å². The van der Waals surface area contributed by atoms with Gasteiger partial charge in [0, 0.05) is 26.2 Å². The van der Waals surface area contributed by atoms with E-state index < -0.39 is 9.84 Å². The first-order valence-electron chi connectivity index (χ1n) is 11.0. The Morgan fingerprint density at radius 1 is 1.12 bits per heavy atom. The lowest BCUT2D eigenvalue weighted by Crippen LogP contribution is -2.50. The zero-order chi connectivity index (χ0) is 23.4. The number of amides is 1. The van der Waals surface area contributed by atoms with Crippen LogP contribution < -0.4 is 0 Å². The van der Waals surface area contributed by atoms with Crippen molar-refractivity contribution in [2.75, 3.05) is 26.2 Å². The molecule has 3 heterocycles. The summed E-state index contributed by atoms with van der Waals surface area (Å²) in [5.41, 5.74) is 0.991. The van der Waals surface area contributed by atoms with Gasteiger partial charge in [-0.1, -0.05) is 31.0 Å². The average molecular weight is 473 g/mol. The molecular weight excluding hydrogens is 444 g/mol. The first-order chi connectivity index (χ1) is 15.9. The van der Waals surface area contributed by atoms with Gasteiger partial charge in [0.15, 0.2) is 27.3 Å². The number of hydrogen-bond acceptors (Lipinski definition) is 8. The van der Waals surface area contributed by atoms with E-state index in [1.807, 2.05) is 6.92 Å². The molecule has 1 saturated heterocycles. The van der Waals surface area contributed by atoms with E-state index in [9.17, 15) is 13.2 Å². The van der Waals surface area contributed by atoms with Gasteiger partial charge < -0.3 is 9.32 Å². The topological polar surface area (TPSA) is 114 Å². The molecule has 0 bridgehead atoms. The molecule has 176 valence electrons. The van der Waals surface area contributed by atoms with Gasteiger partial charge >= 0.3 is 0 Å². The Bertz CT molecular complexity index is 1170. The zero-order valence-corrected chi connectivity index (χ0v) is 19.6. The molecule has 2 aromatic heterocycles. The van der Waals surface area contributed by atoms with Crippen LogP contribution in [0.2, 0.25) is 0 Å². The van der Waals surface area contributed by atoms with Gasteiger partial charge in [-0.05, 0) is 48.0 Å². The van der Waals surface area contributed by atoms with Crippen molar-refractivity contribution >= 4 is 15.7 Å². The molecule has 3 aromatic rings. The molecule has 1 aliphatic heterocycles. The van der Waals surface area contributed by atoms with Gasteiger partial charge in [0.05, 0.1) is 17.2 Å². The average Bonchev–Trinajstić information content (AvgIpc) is 3.50. The van der Waals surface area contributed by atoms with E-state index in [1.165, 1.54) is 10.9 Å². The predicted molar refractivity (Wildman–Crippen MR) is 120 cm³/mol. The number of aromatic nitrogens is 4. The maximum atomic E-state index is 13.0. The lowest BCUT2D eigenvalue weighted by Gasteiger charge is -2.38. The lowest BCUT2D eigenvalue weighted by molar-refractivity contribution is 0.0515. The van der Waals surface area contributed by atoms with E-state index in [2.05, 4.69) is 27.3 Å². The maximum Gasteiger partial charge on any atom is 0.289 e. The smallest absolute Gasteiger partial charge is 0.289 e. The van der Waals surface area contributed by atoms with Crippen molar-refractivity contribution < 1.29 is 17.6 Å². The molecule has 0 spiro atoms. The van der Waals surface area contributed by atoms with Crippen LogP contribution in [0, 0.1) is 6.92 Å². The Labute approximate surface area is 193 Å². The molecule has 1 fully saturated rings. The number of aryl methyl sites for hydroxylation is 1. The highest BCUT2D eigenvalue weighted by molar-refractivity contribution is 7.90. The number of tetrazole rings is 1. The first kappa shape index (κ1) is 23.1. The van der Waals surface area contributed by atoms with Gasteiger partial charge in [0.1, 0.15) is 0 Å². The molecule has 0 N–H and O–H groups in total. The second-order valence-corrected chi connectivity index (χ2v) is 10.2. The Balaban J connectivity index is 1.49. The minimum atomic E-state index is -3.61. The highest BCUT2D eigenvalue weighted by Gasteiger charge is 2.31. The molecular formula is C22H28N6O4S. The fourth-order valence-corrected chi connectivity index (χ4v) is 5.27. The highest BCUT2D eigenvalue weighted by Crippen LogP contribution is 2.26. The molecule has 0 unspecified atom stereocenters. The Morgan fingerprint density at radius 3 is 2.48 bits per heavy atom.